The predicted octanol–water partition coefficient (Wildman–Crippen LogP) is 2.01. The average Bonchev–Trinajstić information content (AvgIpc) is 2.93. The summed E-state index contributed by atoms with van der Waals surface area (Å²) in [5, 5.41) is 44.9. The molecular weight excluding hydrogens is 588 g/mol. The van der Waals surface area contributed by atoms with E-state index in [4.69, 9.17) is 5.73 Å². The van der Waals surface area contributed by atoms with Gasteiger partial charge in [0.1, 0.15) is 22.8 Å². The Balaban J connectivity index is 1.55. The number of amides is 1. The SMILES string of the molecule is Cc1ccc(S(=O)(=O)CCC#Cc2cc(N(C)C)c3c(c2O)C(O)=C2C(=O)[C@]4(O)C(O)=C(C(N)=O)C(=O)C[C@@H]4C[C@@H]2C3)cc1. The number of nitrogens with zero attached hydrogens (tertiary/aromatic N) is 1. The average molecular weight is 621 g/mol. The van der Waals surface area contributed by atoms with Gasteiger partial charge in [0, 0.05) is 44.1 Å². The summed E-state index contributed by atoms with van der Waals surface area (Å²) in [4.78, 5) is 40.1. The number of anilines is 1. The number of hydrogen-bond donors (Lipinski definition) is 5. The van der Waals surface area contributed by atoms with Gasteiger partial charge >= 0.3 is 0 Å². The molecule has 0 spiro atoms. The molecule has 3 aliphatic carbocycles. The number of aryl methyl sites for hydroxylation is 1. The van der Waals surface area contributed by atoms with E-state index in [0.29, 0.717) is 11.3 Å². The normalized spacial score (nSPS) is 22.9. The first-order valence-electron chi connectivity index (χ1n) is 13.9. The summed E-state index contributed by atoms with van der Waals surface area (Å²) >= 11 is 0. The van der Waals surface area contributed by atoms with Gasteiger partial charge in [0.15, 0.2) is 21.2 Å². The third-order valence-electron chi connectivity index (χ3n) is 8.62. The molecule has 0 aromatic heterocycles. The zero-order valence-electron chi connectivity index (χ0n) is 24.3. The summed E-state index contributed by atoms with van der Waals surface area (Å²) in [5.74, 6) is -1.80. The van der Waals surface area contributed by atoms with Crippen molar-refractivity contribution in [2.75, 3.05) is 24.7 Å². The van der Waals surface area contributed by atoms with Crippen molar-refractivity contribution in [1.29, 1.82) is 0 Å². The van der Waals surface area contributed by atoms with Gasteiger partial charge in [-0.1, -0.05) is 29.5 Å². The minimum Gasteiger partial charge on any atom is -0.508 e. The smallest absolute Gasteiger partial charge is 0.255 e. The van der Waals surface area contributed by atoms with E-state index in [1.807, 2.05) is 6.92 Å². The first kappa shape index (κ1) is 30.8. The second kappa shape index (κ2) is 10.8. The number of sulfone groups is 1. The maximum absolute atomic E-state index is 13.8. The van der Waals surface area contributed by atoms with Crippen LogP contribution in [0.5, 0.6) is 5.75 Å². The van der Waals surface area contributed by atoms with Crippen molar-refractivity contribution in [1.82, 2.24) is 0 Å². The van der Waals surface area contributed by atoms with E-state index >= 15 is 0 Å². The Morgan fingerprint density at radius 3 is 2.39 bits per heavy atom. The van der Waals surface area contributed by atoms with E-state index in [9.17, 15) is 43.2 Å². The molecule has 1 saturated carbocycles. The minimum absolute atomic E-state index is 0.0214. The highest BCUT2D eigenvalue weighted by Gasteiger charge is 2.60. The van der Waals surface area contributed by atoms with Gasteiger partial charge < -0.3 is 31.1 Å². The Labute approximate surface area is 254 Å². The number of fused-ring (bicyclic) bond motifs is 3. The summed E-state index contributed by atoms with van der Waals surface area (Å²) in [6.45, 7) is 1.85. The number of aromatic hydroxyl groups is 1. The van der Waals surface area contributed by atoms with Crippen LogP contribution in [-0.2, 0) is 30.6 Å². The molecule has 0 heterocycles. The summed E-state index contributed by atoms with van der Waals surface area (Å²) < 4.78 is 25.4. The maximum Gasteiger partial charge on any atom is 0.255 e. The second-order valence-corrected chi connectivity index (χ2v) is 13.7. The molecular formula is C32H32N2O9S. The molecule has 0 unspecified atom stereocenters. The van der Waals surface area contributed by atoms with E-state index in [0.717, 1.165) is 5.56 Å². The summed E-state index contributed by atoms with van der Waals surface area (Å²) in [6, 6.07) is 8.07. The zero-order valence-corrected chi connectivity index (χ0v) is 25.2. The lowest BCUT2D eigenvalue weighted by Crippen LogP contribution is -2.58. The van der Waals surface area contributed by atoms with Crippen LogP contribution >= 0.6 is 0 Å². The van der Waals surface area contributed by atoms with Gasteiger partial charge in [0.05, 0.1) is 21.8 Å². The van der Waals surface area contributed by atoms with E-state index < -0.39 is 74.0 Å². The number of ketones is 2. The molecule has 230 valence electrons. The lowest BCUT2D eigenvalue weighted by Gasteiger charge is -2.46. The van der Waals surface area contributed by atoms with Crippen molar-refractivity contribution in [2.45, 2.75) is 43.1 Å². The molecule has 1 amide bonds. The molecule has 3 aliphatic rings. The van der Waals surface area contributed by atoms with Crippen molar-refractivity contribution < 1.29 is 43.2 Å². The molecule has 3 atom stereocenters. The molecule has 5 rings (SSSR count). The van der Waals surface area contributed by atoms with Crippen LogP contribution < -0.4 is 10.6 Å². The highest BCUT2D eigenvalue weighted by molar-refractivity contribution is 7.91. The van der Waals surface area contributed by atoms with Gasteiger partial charge in [0.25, 0.3) is 5.91 Å². The highest BCUT2D eigenvalue weighted by atomic mass is 32.2. The van der Waals surface area contributed by atoms with Crippen LogP contribution in [0.3, 0.4) is 0 Å². The van der Waals surface area contributed by atoms with Crippen LogP contribution in [0.4, 0.5) is 5.69 Å². The lowest BCUT2D eigenvalue weighted by atomic mass is 9.59. The monoisotopic (exact) mass is 620 g/mol. The van der Waals surface area contributed by atoms with Crippen LogP contribution in [0.1, 0.15) is 41.5 Å². The molecule has 12 heteroatoms. The molecule has 2 aromatic carbocycles. The number of hydrogen-bond acceptors (Lipinski definition) is 10. The first-order chi connectivity index (χ1) is 20.6. The Morgan fingerprint density at radius 2 is 1.77 bits per heavy atom. The number of nitrogens with two attached hydrogens (primary N) is 1. The Kier molecular flexibility index (Phi) is 7.60. The van der Waals surface area contributed by atoms with E-state index in [2.05, 4.69) is 11.8 Å². The number of Topliss-reactive ketones (excluding diaryl/α,β-unsaturated/α-hetero) is 2. The molecule has 6 N–H and O–H groups in total. The van der Waals surface area contributed by atoms with Gasteiger partial charge in [-0.3, -0.25) is 14.4 Å². The van der Waals surface area contributed by atoms with Crippen LogP contribution in [0.2, 0.25) is 0 Å². The highest BCUT2D eigenvalue weighted by Crippen LogP contribution is 2.53. The van der Waals surface area contributed by atoms with Gasteiger partial charge in [0.2, 0.25) is 5.78 Å². The Morgan fingerprint density at radius 1 is 1.11 bits per heavy atom. The van der Waals surface area contributed by atoms with Crippen molar-refractivity contribution in [3.8, 4) is 17.6 Å². The van der Waals surface area contributed by atoms with Gasteiger partial charge in [-0.15, -0.1) is 0 Å². The van der Waals surface area contributed by atoms with Crippen LogP contribution in [0.25, 0.3) is 5.76 Å². The molecule has 11 nitrogen and oxygen atoms in total. The lowest BCUT2D eigenvalue weighted by molar-refractivity contribution is -0.147. The van der Waals surface area contributed by atoms with E-state index in [-0.39, 0.29) is 46.6 Å². The van der Waals surface area contributed by atoms with Crippen LogP contribution in [-0.4, -0.2) is 71.8 Å². The molecule has 2 aromatic rings. The number of primary amides is 1. The fourth-order valence-electron chi connectivity index (χ4n) is 6.37. The maximum atomic E-state index is 13.8. The number of phenolic OH excluding ortho intramolecular Hbond substituents is 1. The van der Waals surface area contributed by atoms with Crippen molar-refractivity contribution in [3.05, 3.63) is 69.5 Å². The Bertz CT molecular complexity index is 1860. The first-order valence-corrected chi connectivity index (χ1v) is 15.6. The largest absolute Gasteiger partial charge is 0.508 e. The number of aliphatic hydroxyl groups excluding tert-OH is 2. The number of carbonyl (C=O) groups is 3. The number of aliphatic hydroxyl groups is 3. The second-order valence-electron chi connectivity index (χ2n) is 11.6. The predicted molar refractivity (Wildman–Crippen MR) is 160 cm³/mol. The summed E-state index contributed by atoms with van der Waals surface area (Å²) in [6.07, 6.45) is -0.272. The van der Waals surface area contributed by atoms with Gasteiger partial charge in [-0.25, -0.2) is 8.42 Å². The van der Waals surface area contributed by atoms with Crippen LogP contribution in [0.15, 0.2) is 52.1 Å². The van der Waals surface area contributed by atoms with Crippen molar-refractivity contribution in [2.24, 2.45) is 17.6 Å². The molecule has 0 saturated heterocycles. The third-order valence-corrected chi connectivity index (χ3v) is 10.4. The quantitative estimate of drug-likeness (QED) is 0.244. The number of phenols is 1. The topological polar surface area (TPSA) is 196 Å². The van der Waals surface area contributed by atoms with Crippen molar-refractivity contribution in [3.63, 3.8) is 0 Å². The fourth-order valence-corrected chi connectivity index (χ4v) is 7.53. The number of rotatable bonds is 5. The summed E-state index contributed by atoms with van der Waals surface area (Å²) in [7, 11) is -0.109. The molecule has 0 aliphatic heterocycles. The van der Waals surface area contributed by atoms with Gasteiger partial charge in [-0.2, -0.15) is 0 Å². The summed E-state index contributed by atoms with van der Waals surface area (Å²) in [5.41, 5.74) is 3.47. The molecule has 44 heavy (non-hydrogen) atoms. The molecule has 1 fully saturated rings. The minimum atomic E-state index is -3.59. The van der Waals surface area contributed by atoms with Crippen LogP contribution in [0, 0.1) is 30.6 Å². The fraction of sp³-hybridized carbons (Fsp3) is 0.344. The zero-order chi connectivity index (χ0) is 32.3. The number of carbonyl (C=O) groups excluding carboxylic acids is 3. The van der Waals surface area contributed by atoms with E-state index in [1.54, 1.807) is 37.2 Å². The molecule has 0 bridgehead atoms. The number of benzene rings is 2. The standard InChI is InChI=1S/C32H32N2O9S/c1-16-7-9-20(10-8-16)44(42,43)11-5-4-6-17-14-22(34(2)3)21-13-18-12-19-15-23(35)26(31(33)40)30(39)32(19,41)29(38)24(18)28(37)25(21)27(17)36/h7-10,14,18-19,36-37,39,41H,5,11-13,15H2,1-3H3,(H2,33,40)/t18-,19+,32+/m1/s1. The van der Waals surface area contributed by atoms with Crippen molar-refractivity contribution >= 4 is 38.8 Å². The van der Waals surface area contributed by atoms with Gasteiger partial charge in [-0.05, 0) is 49.4 Å². The Hall–Kier alpha value is -4.60. The van der Waals surface area contributed by atoms with E-state index in [1.165, 1.54) is 12.1 Å². The third kappa shape index (κ3) is 4.82. The molecule has 0 radical (unpaired) electrons.